The Balaban J connectivity index is 1.72. The van der Waals surface area contributed by atoms with Crippen molar-refractivity contribution < 1.29 is 27.9 Å². The highest BCUT2D eigenvalue weighted by atomic mass is 19.4. The highest BCUT2D eigenvalue weighted by Gasteiger charge is 2.31. The summed E-state index contributed by atoms with van der Waals surface area (Å²) in [6.45, 7) is 0. The van der Waals surface area contributed by atoms with Crippen LogP contribution in [0, 0.1) is 0 Å². The summed E-state index contributed by atoms with van der Waals surface area (Å²) in [5.41, 5.74) is 1.41. The maximum absolute atomic E-state index is 12.8. The van der Waals surface area contributed by atoms with E-state index in [1.807, 2.05) is 42.5 Å². The lowest BCUT2D eigenvalue weighted by atomic mass is 10.0. The van der Waals surface area contributed by atoms with E-state index in [0.717, 1.165) is 23.3 Å². The number of alkyl halides is 3. The zero-order valence-corrected chi connectivity index (χ0v) is 15.7. The quantitative estimate of drug-likeness (QED) is 0.610. The molecule has 0 saturated heterocycles. The molecule has 0 spiro atoms. The van der Waals surface area contributed by atoms with Crippen molar-refractivity contribution in [3.63, 3.8) is 0 Å². The predicted molar refractivity (Wildman–Crippen MR) is 106 cm³/mol. The van der Waals surface area contributed by atoms with Crippen LogP contribution in [0.25, 0.3) is 11.1 Å². The van der Waals surface area contributed by atoms with Crippen LogP contribution >= 0.6 is 0 Å². The molecule has 0 heterocycles. The lowest BCUT2D eigenvalue weighted by Crippen LogP contribution is -2.42. The standard InChI is InChI=1S/C23H18F3NO3/c24-23(25,26)19-8-4-7-18(14-19)21(28)27-20(22(29)30)13-15-9-11-17(12-10-15)16-5-2-1-3-6-16/h1-12,14,20H,13H2,(H,27,28)(H,29,30)/t20-/m1/s1. The molecule has 0 aromatic heterocycles. The second kappa shape index (κ2) is 8.82. The topological polar surface area (TPSA) is 66.4 Å². The minimum absolute atomic E-state index is 0.00486. The Kier molecular flexibility index (Phi) is 6.20. The third-order valence-corrected chi connectivity index (χ3v) is 4.56. The Morgan fingerprint density at radius 3 is 2.10 bits per heavy atom. The fourth-order valence-electron chi connectivity index (χ4n) is 2.98. The van der Waals surface area contributed by atoms with Crippen molar-refractivity contribution >= 4 is 11.9 Å². The lowest BCUT2D eigenvalue weighted by Gasteiger charge is -2.16. The van der Waals surface area contributed by atoms with Crippen molar-refractivity contribution in [3.05, 3.63) is 95.6 Å². The summed E-state index contributed by atoms with van der Waals surface area (Å²) >= 11 is 0. The number of halogens is 3. The van der Waals surface area contributed by atoms with E-state index in [2.05, 4.69) is 5.32 Å². The first-order valence-electron chi connectivity index (χ1n) is 9.09. The molecule has 3 rings (SSSR count). The normalized spacial score (nSPS) is 12.2. The number of carbonyl (C=O) groups is 2. The largest absolute Gasteiger partial charge is 0.480 e. The fourth-order valence-corrected chi connectivity index (χ4v) is 2.98. The van der Waals surface area contributed by atoms with Crippen molar-refractivity contribution in [2.45, 2.75) is 18.6 Å². The Morgan fingerprint density at radius 1 is 0.867 bits per heavy atom. The first kappa shape index (κ1) is 21.1. The van der Waals surface area contributed by atoms with Gasteiger partial charge in [-0.1, -0.05) is 60.7 Å². The number of nitrogens with one attached hydrogen (secondary N) is 1. The fraction of sp³-hybridized carbons (Fsp3) is 0.130. The molecule has 0 aliphatic heterocycles. The van der Waals surface area contributed by atoms with Crippen LogP contribution in [0.1, 0.15) is 21.5 Å². The lowest BCUT2D eigenvalue weighted by molar-refractivity contribution is -0.139. The summed E-state index contributed by atoms with van der Waals surface area (Å²) in [7, 11) is 0. The van der Waals surface area contributed by atoms with Crippen molar-refractivity contribution in [2.75, 3.05) is 0 Å². The van der Waals surface area contributed by atoms with Gasteiger partial charge in [0.1, 0.15) is 6.04 Å². The Morgan fingerprint density at radius 2 is 1.50 bits per heavy atom. The average Bonchev–Trinajstić information content (AvgIpc) is 2.74. The molecule has 7 heteroatoms. The van der Waals surface area contributed by atoms with E-state index < -0.39 is 29.7 Å². The van der Waals surface area contributed by atoms with Crippen LogP contribution in [0.3, 0.4) is 0 Å². The highest BCUT2D eigenvalue weighted by molar-refractivity contribution is 5.96. The smallest absolute Gasteiger partial charge is 0.416 e. The SMILES string of the molecule is O=C(N[C@H](Cc1ccc(-c2ccccc2)cc1)C(=O)O)c1cccc(C(F)(F)F)c1. The second-order valence-corrected chi connectivity index (χ2v) is 6.71. The van der Waals surface area contributed by atoms with E-state index in [0.29, 0.717) is 11.6 Å². The molecule has 0 bridgehead atoms. The van der Waals surface area contributed by atoms with Gasteiger partial charge in [0, 0.05) is 12.0 Å². The van der Waals surface area contributed by atoms with Crippen LogP contribution < -0.4 is 5.32 Å². The van der Waals surface area contributed by atoms with Gasteiger partial charge < -0.3 is 10.4 Å². The van der Waals surface area contributed by atoms with Gasteiger partial charge in [-0.2, -0.15) is 13.2 Å². The van der Waals surface area contributed by atoms with Crippen LogP contribution in [0.5, 0.6) is 0 Å². The first-order chi connectivity index (χ1) is 14.2. The van der Waals surface area contributed by atoms with Gasteiger partial charge in [-0.3, -0.25) is 4.79 Å². The first-order valence-corrected chi connectivity index (χ1v) is 9.09. The molecule has 30 heavy (non-hydrogen) atoms. The van der Waals surface area contributed by atoms with Crippen LogP contribution in [0.15, 0.2) is 78.9 Å². The van der Waals surface area contributed by atoms with Crippen LogP contribution in [-0.4, -0.2) is 23.0 Å². The van der Waals surface area contributed by atoms with Gasteiger partial charge in [0.25, 0.3) is 5.91 Å². The van der Waals surface area contributed by atoms with E-state index in [4.69, 9.17) is 0 Å². The molecule has 0 fully saturated rings. The van der Waals surface area contributed by atoms with E-state index in [9.17, 15) is 27.9 Å². The van der Waals surface area contributed by atoms with Crippen LogP contribution in [-0.2, 0) is 17.4 Å². The summed E-state index contributed by atoms with van der Waals surface area (Å²) in [5, 5.41) is 11.8. The van der Waals surface area contributed by atoms with Gasteiger partial charge in [-0.05, 0) is 34.9 Å². The molecular weight excluding hydrogens is 395 g/mol. The number of carboxylic acids is 1. The highest BCUT2D eigenvalue weighted by Crippen LogP contribution is 2.29. The van der Waals surface area contributed by atoms with Crippen molar-refractivity contribution in [2.24, 2.45) is 0 Å². The Labute approximate surface area is 171 Å². The van der Waals surface area contributed by atoms with E-state index >= 15 is 0 Å². The summed E-state index contributed by atoms with van der Waals surface area (Å²) in [5.74, 6) is -2.16. The summed E-state index contributed by atoms with van der Waals surface area (Å²) in [6, 6.07) is 19.4. The van der Waals surface area contributed by atoms with Gasteiger partial charge in [-0.25, -0.2) is 4.79 Å². The molecule has 4 nitrogen and oxygen atoms in total. The van der Waals surface area contributed by atoms with Gasteiger partial charge in [0.05, 0.1) is 5.56 Å². The van der Waals surface area contributed by atoms with Crippen LogP contribution in [0.4, 0.5) is 13.2 Å². The zero-order chi connectivity index (χ0) is 21.7. The number of benzene rings is 3. The third kappa shape index (κ3) is 5.26. The van der Waals surface area contributed by atoms with Crippen molar-refractivity contribution in [1.82, 2.24) is 5.32 Å². The van der Waals surface area contributed by atoms with Gasteiger partial charge in [0.2, 0.25) is 0 Å². The molecule has 3 aromatic carbocycles. The third-order valence-electron chi connectivity index (χ3n) is 4.56. The molecule has 2 N–H and O–H groups in total. The summed E-state index contributed by atoms with van der Waals surface area (Å²) in [4.78, 5) is 23.9. The number of carbonyl (C=O) groups excluding carboxylic acids is 1. The number of hydrogen-bond acceptors (Lipinski definition) is 2. The molecule has 1 amide bonds. The van der Waals surface area contributed by atoms with Crippen molar-refractivity contribution in [1.29, 1.82) is 0 Å². The molecule has 1 atom stereocenters. The molecule has 0 aliphatic rings. The van der Waals surface area contributed by atoms with Gasteiger partial charge in [0.15, 0.2) is 0 Å². The number of amides is 1. The number of hydrogen-bond donors (Lipinski definition) is 2. The average molecular weight is 413 g/mol. The molecule has 154 valence electrons. The molecule has 3 aromatic rings. The zero-order valence-electron chi connectivity index (χ0n) is 15.7. The second-order valence-electron chi connectivity index (χ2n) is 6.71. The van der Waals surface area contributed by atoms with E-state index in [1.54, 1.807) is 12.1 Å². The van der Waals surface area contributed by atoms with E-state index in [1.165, 1.54) is 6.07 Å². The maximum atomic E-state index is 12.8. The monoisotopic (exact) mass is 413 g/mol. The molecule has 0 radical (unpaired) electrons. The van der Waals surface area contributed by atoms with Gasteiger partial charge >= 0.3 is 12.1 Å². The summed E-state index contributed by atoms with van der Waals surface area (Å²) in [6.07, 6.45) is -4.60. The molecular formula is C23H18F3NO3. The number of carboxylic acid groups (broad SMARTS) is 1. The Hall–Kier alpha value is -3.61. The predicted octanol–water partition coefficient (Wildman–Crippen LogP) is 4.80. The minimum atomic E-state index is -4.59. The van der Waals surface area contributed by atoms with Crippen molar-refractivity contribution in [3.8, 4) is 11.1 Å². The van der Waals surface area contributed by atoms with E-state index in [-0.39, 0.29) is 12.0 Å². The Bertz CT molecular complexity index is 1030. The minimum Gasteiger partial charge on any atom is -0.480 e. The molecule has 0 aliphatic carbocycles. The number of aliphatic carboxylic acids is 1. The number of rotatable bonds is 6. The maximum Gasteiger partial charge on any atom is 0.416 e. The molecule has 0 saturated carbocycles. The summed E-state index contributed by atoms with van der Waals surface area (Å²) < 4.78 is 38.5. The van der Waals surface area contributed by atoms with Crippen LogP contribution in [0.2, 0.25) is 0 Å². The molecule has 0 unspecified atom stereocenters. The van der Waals surface area contributed by atoms with Gasteiger partial charge in [-0.15, -0.1) is 0 Å².